The first-order chi connectivity index (χ1) is 7.81. The number of benzene rings is 1. The summed E-state index contributed by atoms with van der Waals surface area (Å²) in [5.41, 5.74) is 9.58. The van der Waals surface area contributed by atoms with Gasteiger partial charge < -0.3 is 10.6 Å². The minimum atomic E-state index is 0.886. The molecule has 0 bridgehead atoms. The Morgan fingerprint density at radius 3 is 2.44 bits per heavy atom. The standard InChI is InChI=1S/C14H22N2/c1-2-12-7-8-13(15)11-14(12)16-9-5-3-4-6-10-16/h7-8,11H,2-6,9-10,15H2,1H3. The minimum absolute atomic E-state index is 0.886. The molecule has 1 aromatic rings. The van der Waals surface area contributed by atoms with Crippen LogP contribution in [0.4, 0.5) is 11.4 Å². The van der Waals surface area contributed by atoms with Crippen LogP contribution < -0.4 is 10.6 Å². The molecule has 0 aliphatic carbocycles. The van der Waals surface area contributed by atoms with Crippen LogP contribution in [0.3, 0.4) is 0 Å². The van der Waals surface area contributed by atoms with E-state index < -0.39 is 0 Å². The molecule has 1 aliphatic rings. The molecule has 16 heavy (non-hydrogen) atoms. The zero-order valence-corrected chi connectivity index (χ0v) is 10.2. The average molecular weight is 218 g/mol. The number of nitrogens with zero attached hydrogens (tertiary/aromatic N) is 1. The Morgan fingerprint density at radius 2 is 1.81 bits per heavy atom. The van der Waals surface area contributed by atoms with Gasteiger partial charge in [-0.1, -0.05) is 25.8 Å². The minimum Gasteiger partial charge on any atom is -0.399 e. The van der Waals surface area contributed by atoms with Gasteiger partial charge in [0, 0.05) is 24.5 Å². The van der Waals surface area contributed by atoms with Crippen molar-refractivity contribution >= 4 is 11.4 Å². The molecule has 0 unspecified atom stereocenters. The summed E-state index contributed by atoms with van der Waals surface area (Å²) in [6.45, 7) is 4.60. The monoisotopic (exact) mass is 218 g/mol. The largest absolute Gasteiger partial charge is 0.399 e. The van der Waals surface area contributed by atoms with Gasteiger partial charge >= 0.3 is 0 Å². The highest BCUT2D eigenvalue weighted by Crippen LogP contribution is 2.26. The SMILES string of the molecule is CCc1ccc(N)cc1N1CCCCCC1. The Balaban J connectivity index is 2.25. The molecule has 0 spiro atoms. The molecule has 2 N–H and O–H groups in total. The molecule has 1 aromatic carbocycles. The number of anilines is 2. The lowest BCUT2D eigenvalue weighted by Crippen LogP contribution is -2.25. The van der Waals surface area contributed by atoms with Crippen molar-refractivity contribution in [2.75, 3.05) is 23.7 Å². The number of hydrogen-bond acceptors (Lipinski definition) is 2. The number of aryl methyl sites for hydroxylation is 1. The maximum Gasteiger partial charge on any atom is 0.0419 e. The fraction of sp³-hybridized carbons (Fsp3) is 0.571. The third-order valence-corrected chi connectivity index (χ3v) is 3.44. The molecule has 1 heterocycles. The molecule has 1 fully saturated rings. The van der Waals surface area contributed by atoms with Gasteiger partial charge in [-0.2, -0.15) is 0 Å². The summed E-state index contributed by atoms with van der Waals surface area (Å²) in [4.78, 5) is 2.52. The van der Waals surface area contributed by atoms with E-state index in [0.29, 0.717) is 0 Å². The van der Waals surface area contributed by atoms with E-state index in [1.807, 2.05) is 6.07 Å². The Kier molecular flexibility index (Phi) is 3.70. The predicted octanol–water partition coefficient (Wildman–Crippen LogP) is 3.21. The zero-order chi connectivity index (χ0) is 11.4. The lowest BCUT2D eigenvalue weighted by Gasteiger charge is -2.25. The van der Waals surface area contributed by atoms with Crippen LogP contribution in [0.1, 0.15) is 38.2 Å². The van der Waals surface area contributed by atoms with Gasteiger partial charge in [-0.25, -0.2) is 0 Å². The van der Waals surface area contributed by atoms with Crippen LogP contribution in [0.25, 0.3) is 0 Å². The lowest BCUT2D eigenvalue weighted by molar-refractivity contribution is 0.726. The van der Waals surface area contributed by atoms with Crippen molar-refractivity contribution in [1.29, 1.82) is 0 Å². The fourth-order valence-electron chi connectivity index (χ4n) is 2.49. The Bertz CT molecular complexity index is 339. The van der Waals surface area contributed by atoms with Crippen LogP contribution in [0, 0.1) is 0 Å². The van der Waals surface area contributed by atoms with Crippen molar-refractivity contribution in [3.63, 3.8) is 0 Å². The molecule has 0 amide bonds. The molecule has 0 radical (unpaired) electrons. The van der Waals surface area contributed by atoms with Crippen molar-refractivity contribution in [2.24, 2.45) is 0 Å². The molecule has 2 rings (SSSR count). The van der Waals surface area contributed by atoms with Gasteiger partial charge in [0.25, 0.3) is 0 Å². The summed E-state index contributed by atoms with van der Waals surface area (Å²) in [5.74, 6) is 0. The quantitative estimate of drug-likeness (QED) is 0.772. The van der Waals surface area contributed by atoms with E-state index in [0.717, 1.165) is 12.1 Å². The van der Waals surface area contributed by atoms with Crippen LogP contribution in [0.2, 0.25) is 0 Å². The highest BCUT2D eigenvalue weighted by molar-refractivity contribution is 5.61. The van der Waals surface area contributed by atoms with E-state index in [1.165, 1.54) is 50.0 Å². The topological polar surface area (TPSA) is 29.3 Å². The van der Waals surface area contributed by atoms with Crippen LogP contribution in [-0.4, -0.2) is 13.1 Å². The molecule has 1 aliphatic heterocycles. The first kappa shape index (κ1) is 11.3. The molecule has 2 heteroatoms. The fourth-order valence-corrected chi connectivity index (χ4v) is 2.49. The summed E-state index contributed by atoms with van der Waals surface area (Å²) < 4.78 is 0. The van der Waals surface area contributed by atoms with Crippen LogP contribution in [0.15, 0.2) is 18.2 Å². The maximum atomic E-state index is 5.90. The van der Waals surface area contributed by atoms with E-state index in [9.17, 15) is 0 Å². The summed E-state index contributed by atoms with van der Waals surface area (Å²) in [6.07, 6.45) is 6.47. The van der Waals surface area contributed by atoms with Gasteiger partial charge in [-0.15, -0.1) is 0 Å². The third-order valence-electron chi connectivity index (χ3n) is 3.44. The summed E-state index contributed by atoms with van der Waals surface area (Å²) in [7, 11) is 0. The normalized spacial score (nSPS) is 17.2. The van der Waals surface area contributed by atoms with Gasteiger partial charge in [0.15, 0.2) is 0 Å². The van der Waals surface area contributed by atoms with Gasteiger partial charge in [0.05, 0.1) is 0 Å². The van der Waals surface area contributed by atoms with Crippen molar-refractivity contribution in [3.05, 3.63) is 23.8 Å². The second kappa shape index (κ2) is 5.24. The van der Waals surface area contributed by atoms with Gasteiger partial charge in [-0.05, 0) is 37.0 Å². The summed E-state index contributed by atoms with van der Waals surface area (Å²) in [6, 6.07) is 6.33. The van der Waals surface area contributed by atoms with Crippen molar-refractivity contribution in [2.45, 2.75) is 39.0 Å². The van der Waals surface area contributed by atoms with E-state index in [2.05, 4.69) is 24.0 Å². The van der Waals surface area contributed by atoms with E-state index in [1.54, 1.807) is 0 Å². The predicted molar refractivity (Wildman–Crippen MR) is 70.9 cm³/mol. The lowest BCUT2D eigenvalue weighted by atomic mass is 10.1. The molecule has 1 saturated heterocycles. The average Bonchev–Trinajstić information content (AvgIpc) is 2.57. The molecular weight excluding hydrogens is 196 g/mol. The smallest absolute Gasteiger partial charge is 0.0419 e. The molecule has 0 aromatic heterocycles. The molecule has 0 atom stereocenters. The van der Waals surface area contributed by atoms with Crippen molar-refractivity contribution in [1.82, 2.24) is 0 Å². The second-order valence-electron chi connectivity index (χ2n) is 4.64. The van der Waals surface area contributed by atoms with E-state index >= 15 is 0 Å². The Labute approximate surface area is 98.4 Å². The van der Waals surface area contributed by atoms with Gasteiger partial charge in [0.1, 0.15) is 0 Å². The third kappa shape index (κ3) is 2.49. The zero-order valence-electron chi connectivity index (χ0n) is 10.2. The molecule has 0 saturated carbocycles. The Hall–Kier alpha value is -1.18. The number of rotatable bonds is 2. The highest BCUT2D eigenvalue weighted by atomic mass is 15.1. The number of hydrogen-bond donors (Lipinski definition) is 1. The second-order valence-corrected chi connectivity index (χ2v) is 4.64. The maximum absolute atomic E-state index is 5.90. The molecule has 2 nitrogen and oxygen atoms in total. The van der Waals surface area contributed by atoms with Gasteiger partial charge in [0.2, 0.25) is 0 Å². The first-order valence-corrected chi connectivity index (χ1v) is 6.44. The summed E-state index contributed by atoms with van der Waals surface area (Å²) in [5, 5.41) is 0. The van der Waals surface area contributed by atoms with Crippen molar-refractivity contribution < 1.29 is 0 Å². The molecule has 88 valence electrons. The molecular formula is C14H22N2. The summed E-state index contributed by atoms with van der Waals surface area (Å²) >= 11 is 0. The van der Waals surface area contributed by atoms with Gasteiger partial charge in [-0.3, -0.25) is 0 Å². The van der Waals surface area contributed by atoms with Crippen LogP contribution >= 0.6 is 0 Å². The highest BCUT2D eigenvalue weighted by Gasteiger charge is 2.12. The number of nitrogen functional groups attached to an aromatic ring is 1. The van der Waals surface area contributed by atoms with Crippen LogP contribution in [0.5, 0.6) is 0 Å². The van der Waals surface area contributed by atoms with Crippen LogP contribution in [-0.2, 0) is 6.42 Å². The van der Waals surface area contributed by atoms with Crippen molar-refractivity contribution in [3.8, 4) is 0 Å². The Morgan fingerprint density at radius 1 is 1.12 bits per heavy atom. The first-order valence-electron chi connectivity index (χ1n) is 6.44. The van der Waals surface area contributed by atoms with E-state index in [4.69, 9.17) is 5.73 Å². The number of nitrogens with two attached hydrogens (primary N) is 1. The van der Waals surface area contributed by atoms with E-state index in [-0.39, 0.29) is 0 Å².